The molecule has 1 aliphatic rings. The molecule has 0 aromatic heterocycles. The van der Waals surface area contributed by atoms with Crippen LogP contribution in [0.3, 0.4) is 0 Å². The van der Waals surface area contributed by atoms with E-state index in [0.717, 1.165) is 37.0 Å². The highest BCUT2D eigenvalue weighted by molar-refractivity contribution is 5.89. The van der Waals surface area contributed by atoms with E-state index in [1.807, 2.05) is 42.5 Å². The Labute approximate surface area is 213 Å². The van der Waals surface area contributed by atoms with E-state index in [2.05, 4.69) is 50.2 Å². The van der Waals surface area contributed by atoms with Crippen LogP contribution in [0.2, 0.25) is 0 Å². The molecule has 5 nitrogen and oxygen atoms in total. The van der Waals surface area contributed by atoms with Gasteiger partial charge in [0.05, 0.1) is 6.10 Å². The number of benzene rings is 3. The van der Waals surface area contributed by atoms with Crippen LogP contribution in [0.1, 0.15) is 56.2 Å². The fourth-order valence-electron chi connectivity index (χ4n) is 4.45. The molecule has 0 saturated heterocycles. The zero-order valence-corrected chi connectivity index (χ0v) is 21.0. The SMILES string of the molecule is CC(C)(c1ccccc1)c1ccc(OCCOc2ccc(C=C(OC3CCCC3)C(=O)O)cc2)cc1. The van der Waals surface area contributed by atoms with Crippen molar-refractivity contribution in [3.05, 3.63) is 101 Å². The topological polar surface area (TPSA) is 65.0 Å². The van der Waals surface area contributed by atoms with Crippen molar-refractivity contribution in [3.8, 4) is 11.5 Å². The van der Waals surface area contributed by atoms with Crippen LogP contribution < -0.4 is 9.47 Å². The third-order valence-electron chi connectivity index (χ3n) is 6.68. The van der Waals surface area contributed by atoms with Crippen molar-refractivity contribution in [2.75, 3.05) is 13.2 Å². The number of rotatable bonds is 11. The number of carboxylic acid groups (broad SMARTS) is 1. The highest BCUT2D eigenvalue weighted by atomic mass is 16.5. The van der Waals surface area contributed by atoms with Crippen LogP contribution >= 0.6 is 0 Å². The summed E-state index contributed by atoms with van der Waals surface area (Å²) in [5.74, 6) is 0.442. The Morgan fingerprint density at radius 1 is 0.833 bits per heavy atom. The molecule has 1 fully saturated rings. The lowest BCUT2D eigenvalue weighted by Crippen LogP contribution is -2.18. The molecule has 0 unspecified atom stereocenters. The van der Waals surface area contributed by atoms with E-state index in [1.165, 1.54) is 11.1 Å². The van der Waals surface area contributed by atoms with Crippen molar-refractivity contribution >= 4 is 12.0 Å². The van der Waals surface area contributed by atoms with Gasteiger partial charge in [0.1, 0.15) is 24.7 Å². The van der Waals surface area contributed by atoms with Gasteiger partial charge in [0.25, 0.3) is 0 Å². The van der Waals surface area contributed by atoms with E-state index in [9.17, 15) is 9.90 Å². The lowest BCUT2D eigenvalue weighted by atomic mass is 9.78. The van der Waals surface area contributed by atoms with Gasteiger partial charge in [0.2, 0.25) is 5.76 Å². The summed E-state index contributed by atoms with van der Waals surface area (Å²) in [5, 5.41) is 9.46. The molecule has 3 aromatic carbocycles. The fraction of sp³-hybridized carbons (Fsp3) is 0.323. The quantitative estimate of drug-likeness (QED) is 0.182. The van der Waals surface area contributed by atoms with E-state index in [0.29, 0.717) is 19.0 Å². The molecule has 188 valence electrons. The molecule has 1 saturated carbocycles. The maximum atomic E-state index is 11.6. The third kappa shape index (κ3) is 6.69. The number of aliphatic carboxylic acids is 1. The number of carboxylic acids is 1. The van der Waals surface area contributed by atoms with Crippen molar-refractivity contribution in [2.24, 2.45) is 0 Å². The Kier molecular flexibility index (Phi) is 8.32. The Bertz CT molecular complexity index is 1140. The first kappa shape index (κ1) is 25.4. The molecule has 36 heavy (non-hydrogen) atoms. The summed E-state index contributed by atoms with van der Waals surface area (Å²) in [7, 11) is 0. The molecule has 0 amide bonds. The molecular weight excluding hydrogens is 452 g/mol. The summed E-state index contributed by atoms with van der Waals surface area (Å²) in [4.78, 5) is 11.6. The van der Waals surface area contributed by atoms with Crippen LogP contribution in [0.25, 0.3) is 6.08 Å². The standard InChI is InChI=1S/C31H34O5/c1-31(2,24-8-4-3-5-9-24)25-14-18-27(19-15-25)35-21-20-34-26-16-12-23(13-17-26)22-29(30(32)33)36-28-10-6-7-11-28/h3-5,8-9,12-19,22,28H,6-7,10-11,20-21H2,1-2H3,(H,32,33). The van der Waals surface area contributed by atoms with Gasteiger partial charge >= 0.3 is 5.97 Å². The zero-order chi connectivity index (χ0) is 25.4. The van der Waals surface area contributed by atoms with E-state index in [1.54, 1.807) is 6.08 Å². The van der Waals surface area contributed by atoms with Crippen molar-refractivity contribution in [3.63, 3.8) is 0 Å². The van der Waals surface area contributed by atoms with Crippen molar-refractivity contribution in [1.29, 1.82) is 0 Å². The van der Waals surface area contributed by atoms with Crippen molar-refractivity contribution in [2.45, 2.75) is 51.0 Å². The molecular formula is C31H34O5. The number of carbonyl (C=O) groups is 1. The van der Waals surface area contributed by atoms with Gasteiger partial charge in [-0.3, -0.25) is 0 Å². The summed E-state index contributed by atoms with van der Waals surface area (Å²) in [6.07, 6.45) is 5.57. The normalized spacial score (nSPS) is 14.4. The maximum absolute atomic E-state index is 11.6. The molecule has 0 heterocycles. The summed E-state index contributed by atoms with van der Waals surface area (Å²) < 4.78 is 17.3. The Morgan fingerprint density at radius 3 is 1.92 bits per heavy atom. The molecule has 0 radical (unpaired) electrons. The van der Waals surface area contributed by atoms with E-state index in [-0.39, 0.29) is 17.3 Å². The minimum Gasteiger partial charge on any atom is -0.490 e. The summed E-state index contributed by atoms with van der Waals surface area (Å²) in [6, 6.07) is 26.0. The lowest BCUT2D eigenvalue weighted by molar-refractivity contribution is -0.137. The molecule has 0 spiro atoms. The van der Waals surface area contributed by atoms with Gasteiger partial charge in [0, 0.05) is 5.41 Å². The molecule has 0 atom stereocenters. The molecule has 4 rings (SSSR count). The fourth-order valence-corrected chi connectivity index (χ4v) is 4.45. The van der Waals surface area contributed by atoms with Crippen LogP contribution in [-0.2, 0) is 14.9 Å². The van der Waals surface area contributed by atoms with Crippen LogP contribution in [0.15, 0.2) is 84.6 Å². The van der Waals surface area contributed by atoms with Gasteiger partial charge in [-0.1, -0.05) is 68.4 Å². The minimum absolute atomic E-state index is 0.00140. The first-order chi connectivity index (χ1) is 17.4. The average Bonchev–Trinajstić information content (AvgIpc) is 3.41. The summed E-state index contributed by atoms with van der Waals surface area (Å²) in [6.45, 7) is 5.26. The zero-order valence-electron chi connectivity index (χ0n) is 21.0. The Hall–Kier alpha value is -3.73. The van der Waals surface area contributed by atoms with Crippen molar-refractivity contribution < 1.29 is 24.1 Å². The van der Waals surface area contributed by atoms with Gasteiger partial charge < -0.3 is 19.3 Å². The monoisotopic (exact) mass is 486 g/mol. The first-order valence-electron chi connectivity index (χ1n) is 12.6. The highest BCUT2D eigenvalue weighted by Crippen LogP contribution is 2.32. The molecule has 3 aromatic rings. The molecule has 0 bridgehead atoms. The van der Waals surface area contributed by atoms with Crippen LogP contribution in [0.5, 0.6) is 11.5 Å². The van der Waals surface area contributed by atoms with Crippen LogP contribution in [0, 0.1) is 0 Å². The van der Waals surface area contributed by atoms with Gasteiger partial charge in [-0.05, 0) is 72.7 Å². The molecule has 1 N–H and O–H groups in total. The Morgan fingerprint density at radius 2 is 1.36 bits per heavy atom. The predicted octanol–water partition coefficient (Wildman–Crippen LogP) is 6.86. The summed E-state index contributed by atoms with van der Waals surface area (Å²) >= 11 is 0. The van der Waals surface area contributed by atoms with Gasteiger partial charge in [0.15, 0.2) is 0 Å². The Balaban J connectivity index is 1.25. The first-order valence-corrected chi connectivity index (χ1v) is 12.6. The van der Waals surface area contributed by atoms with Crippen LogP contribution in [0.4, 0.5) is 0 Å². The average molecular weight is 487 g/mol. The molecule has 5 heteroatoms. The molecule has 1 aliphatic carbocycles. The number of ether oxygens (including phenoxy) is 3. The number of hydrogen-bond acceptors (Lipinski definition) is 4. The van der Waals surface area contributed by atoms with E-state index in [4.69, 9.17) is 14.2 Å². The van der Waals surface area contributed by atoms with Crippen LogP contribution in [-0.4, -0.2) is 30.4 Å². The smallest absolute Gasteiger partial charge is 0.371 e. The second-order valence-corrected chi connectivity index (χ2v) is 9.62. The highest BCUT2D eigenvalue weighted by Gasteiger charge is 2.23. The van der Waals surface area contributed by atoms with Gasteiger partial charge in [-0.2, -0.15) is 0 Å². The minimum atomic E-state index is -1.05. The predicted molar refractivity (Wildman–Crippen MR) is 141 cm³/mol. The second-order valence-electron chi connectivity index (χ2n) is 9.62. The van der Waals surface area contributed by atoms with E-state index < -0.39 is 5.97 Å². The third-order valence-corrected chi connectivity index (χ3v) is 6.68. The van der Waals surface area contributed by atoms with Gasteiger partial charge in [-0.25, -0.2) is 4.79 Å². The second kappa shape index (κ2) is 11.8. The van der Waals surface area contributed by atoms with E-state index >= 15 is 0 Å². The van der Waals surface area contributed by atoms with Crippen molar-refractivity contribution in [1.82, 2.24) is 0 Å². The number of hydrogen-bond donors (Lipinski definition) is 1. The maximum Gasteiger partial charge on any atom is 0.371 e. The molecule has 0 aliphatic heterocycles. The summed E-state index contributed by atoms with van der Waals surface area (Å²) in [5.41, 5.74) is 3.17. The van der Waals surface area contributed by atoms with Gasteiger partial charge in [-0.15, -0.1) is 0 Å². The lowest BCUT2D eigenvalue weighted by Gasteiger charge is -2.26. The largest absolute Gasteiger partial charge is 0.490 e.